The highest BCUT2D eigenvalue weighted by molar-refractivity contribution is 5.79. The van der Waals surface area contributed by atoms with Crippen molar-refractivity contribution in [1.82, 2.24) is 10.2 Å². The van der Waals surface area contributed by atoms with Crippen molar-refractivity contribution in [2.75, 3.05) is 13.1 Å². The number of carbonyl (C=O) groups is 2. The van der Waals surface area contributed by atoms with Gasteiger partial charge < -0.3 is 10.2 Å². The SMILES string of the molecule is CC(=O)N1CCC(C(=O)NC2CCCCC2)CC1. The predicted octanol–water partition coefficient (Wildman–Crippen LogP) is 1.69. The van der Waals surface area contributed by atoms with Crippen molar-refractivity contribution < 1.29 is 9.59 Å². The summed E-state index contributed by atoms with van der Waals surface area (Å²) in [6.07, 6.45) is 7.71. The number of nitrogens with one attached hydrogen (secondary N) is 1. The van der Waals surface area contributed by atoms with Crippen molar-refractivity contribution in [3.8, 4) is 0 Å². The van der Waals surface area contributed by atoms with Crippen molar-refractivity contribution in [2.24, 2.45) is 5.92 Å². The molecule has 0 aromatic heterocycles. The van der Waals surface area contributed by atoms with Crippen LogP contribution in [-0.2, 0) is 9.59 Å². The maximum absolute atomic E-state index is 12.1. The van der Waals surface area contributed by atoms with Crippen LogP contribution in [0.5, 0.6) is 0 Å². The summed E-state index contributed by atoms with van der Waals surface area (Å²) >= 11 is 0. The van der Waals surface area contributed by atoms with E-state index in [4.69, 9.17) is 0 Å². The van der Waals surface area contributed by atoms with Crippen LogP contribution in [0.3, 0.4) is 0 Å². The normalized spacial score (nSPS) is 22.8. The average Bonchev–Trinajstić information content (AvgIpc) is 2.40. The lowest BCUT2D eigenvalue weighted by atomic mass is 9.92. The predicted molar refractivity (Wildman–Crippen MR) is 70.0 cm³/mol. The van der Waals surface area contributed by atoms with Gasteiger partial charge in [-0.05, 0) is 25.7 Å². The molecular formula is C14H24N2O2. The number of amides is 2. The quantitative estimate of drug-likeness (QED) is 0.813. The molecule has 2 aliphatic rings. The van der Waals surface area contributed by atoms with Crippen LogP contribution in [-0.4, -0.2) is 35.8 Å². The second kappa shape index (κ2) is 6.21. The van der Waals surface area contributed by atoms with Gasteiger partial charge in [-0.25, -0.2) is 0 Å². The van der Waals surface area contributed by atoms with E-state index in [2.05, 4.69) is 5.32 Å². The Kier molecular flexibility index (Phi) is 4.61. The number of piperidine rings is 1. The lowest BCUT2D eigenvalue weighted by molar-refractivity contribution is -0.134. The molecule has 1 heterocycles. The highest BCUT2D eigenvalue weighted by atomic mass is 16.2. The fraction of sp³-hybridized carbons (Fsp3) is 0.857. The summed E-state index contributed by atoms with van der Waals surface area (Å²) in [5.41, 5.74) is 0. The van der Waals surface area contributed by atoms with Crippen LogP contribution in [0.25, 0.3) is 0 Å². The van der Waals surface area contributed by atoms with Gasteiger partial charge in [0.05, 0.1) is 0 Å². The Morgan fingerprint density at radius 1 is 1.00 bits per heavy atom. The van der Waals surface area contributed by atoms with Crippen molar-refractivity contribution in [3.05, 3.63) is 0 Å². The molecule has 0 unspecified atom stereocenters. The molecule has 2 fully saturated rings. The highest BCUT2D eigenvalue weighted by Crippen LogP contribution is 2.21. The van der Waals surface area contributed by atoms with Crippen LogP contribution in [0.4, 0.5) is 0 Å². The van der Waals surface area contributed by atoms with E-state index < -0.39 is 0 Å². The summed E-state index contributed by atoms with van der Waals surface area (Å²) < 4.78 is 0. The van der Waals surface area contributed by atoms with Gasteiger partial charge in [0.25, 0.3) is 0 Å². The van der Waals surface area contributed by atoms with Crippen molar-refractivity contribution in [3.63, 3.8) is 0 Å². The molecule has 0 aromatic carbocycles. The van der Waals surface area contributed by atoms with Gasteiger partial charge in [0.1, 0.15) is 0 Å². The van der Waals surface area contributed by atoms with E-state index in [-0.39, 0.29) is 17.7 Å². The van der Waals surface area contributed by atoms with E-state index in [1.807, 2.05) is 4.90 Å². The molecule has 1 saturated heterocycles. The topological polar surface area (TPSA) is 49.4 Å². The van der Waals surface area contributed by atoms with Crippen molar-refractivity contribution in [1.29, 1.82) is 0 Å². The molecule has 4 nitrogen and oxygen atoms in total. The van der Waals surface area contributed by atoms with Crippen LogP contribution < -0.4 is 5.32 Å². The lowest BCUT2D eigenvalue weighted by Crippen LogP contribution is -2.45. The molecule has 2 rings (SSSR count). The first-order valence-electron chi connectivity index (χ1n) is 7.22. The maximum Gasteiger partial charge on any atom is 0.223 e. The van der Waals surface area contributed by atoms with Gasteiger partial charge in [-0.1, -0.05) is 19.3 Å². The third-order valence-electron chi connectivity index (χ3n) is 4.26. The Hall–Kier alpha value is -1.06. The molecule has 18 heavy (non-hydrogen) atoms. The van der Waals surface area contributed by atoms with Gasteiger partial charge in [0.15, 0.2) is 0 Å². The first-order chi connectivity index (χ1) is 8.66. The second-order valence-electron chi connectivity index (χ2n) is 5.62. The zero-order chi connectivity index (χ0) is 13.0. The average molecular weight is 252 g/mol. The minimum absolute atomic E-state index is 0.113. The van der Waals surface area contributed by atoms with Crippen LogP contribution in [0.15, 0.2) is 0 Å². The van der Waals surface area contributed by atoms with Crippen LogP contribution in [0.2, 0.25) is 0 Å². The molecule has 0 aromatic rings. The summed E-state index contributed by atoms with van der Waals surface area (Å²) in [5, 5.41) is 3.19. The summed E-state index contributed by atoms with van der Waals surface area (Å²) in [5.74, 6) is 0.453. The third-order valence-corrected chi connectivity index (χ3v) is 4.26. The standard InChI is InChI=1S/C14H24N2O2/c1-11(17)16-9-7-12(8-10-16)14(18)15-13-5-3-2-4-6-13/h12-13H,2-10H2,1H3,(H,15,18). The minimum atomic E-state index is 0.113. The van der Waals surface area contributed by atoms with E-state index in [0.29, 0.717) is 6.04 Å². The first kappa shape index (κ1) is 13.4. The Bertz CT molecular complexity index is 303. The highest BCUT2D eigenvalue weighted by Gasteiger charge is 2.27. The van der Waals surface area contributed by atoms with E-state index in [9.17, 15) is 9.59 Å². The van der Waals surface area contributed by atoms with E-state index >= 15 is 0 Å². The number of likely N-dealkylation sites (tertiary alicyclic amines) is 1. The Balaban J connectivity index is 1.75. The zero-order valence-corrected chi connectivity index (χ0v) is 11.3. The lowest BCUT2D eigenvalue weighted by Gasteiger charge is -2.32. The Morgan fingerprint density at radius 2 is 1.61 bits per heavy atom. The molecule has 0 spiro atoms. The maximum atomic E-state index is 12.1. The summed E-state index contributed by atoms with van der Waals surface area (Å²) in [7, 11) is 0. The molecule has 1 aliphatic carbocycles. The summed E-state index contributed by atoms with van der Waals surface area (Å²) in [4.78, 5) is 25.2. The van der Waals surface area contributed by atoms with Gasteiger partial charge in [0, 0.05) is 32.0 Å². The molecule has 1 aliphatic heterocycles. The molecule has 102 valence electrons. The van der Waals surface area contributed by atoms with Crippen molar-refractivity contribution in [2.45, 2.75) is 57.9 Å². The largest absolute Gasteiger partial charge is 0.353 e. The monoisotopic (exact) mass is 252 g/mol. The first-order valence-corrected chi connectivity index (χ1v) is 7.22. The molecule has 1 saturated carbocycles. The van der Waals surface area contributed by atoms with Crippen molar-refractivity contribution >= 4 is 11.8 Å². The number of hydrogen-bond acceptors (Lipinski definition) is 2. The third kappa shape index (κ3) is 3.47. The number of hydrogen-bond donors (Lipinski definition) is 1. The molecule has 4 heteroatoms. The minimum Gasteiger partial charge on any atom is -0.353 e. The van der Waals surface area contributed by atoms with Gasteiger partial charge >= 0.3 is 0 Å². The summed E-state index contributed by atoms with van der Waals surface area (Å²) in [6, 6.07) is 0.400. The molecule has 2 amide bonds. The van der Waals surface area contributed by atoms with Crippen LogP contribution in [0, 0.1) is 5.92 Å². The smallest absolute Gasteiger partial charge is 0.223 e. The molecule has 0 atom stereocenters. The molecule has 1 N–H and O–H groups in total. The van der Waals surface area contributed by atoms with E-state index in [1.54, 1.807) is 6.92 Å². The molecular weight excluding hydrogens is 228 g/mol. The zero-order valence-electron chi connectivity index (χ0n) is 11.3. The van der Waals surface area contributed by atoms with Crippen LogP contribution in [0.1, 0.15) is 51.9 Å². The Morgan fingerprint density at radius 3 is 2.17 bits per heavy atom. The fourth-order valence-electron chi connectivity index (χ4n) is 3.02. The number of rotatable bonds is 2. The second-order valence-corrected chi connectivity index (χ2v) is 5.62. The van der Waals surface area contributed by atoms with E-state index in [0.717, 1.165) is 38.8 Å². The van der Waals surface area contributed by atoms with Gasteiger partial charge in [-0.15, -0.1) is 0 Å². The fourth-order valence-corrected chi connectivity index (χ4v) is 3.02. The number of nitrogens with zero attached hydrogens (tertiary/aromatic N) is 1. The number of carbonyl (C=O) groups excluding carboxylic acids is 2. The van der Waals surface area contributed by atoms with Gasteiger partial charge in [-0.3, -0.25) is 9.59 Å². The van der Waals surface area contributed by atoms with Gasteiger partial charge in [0.2, 0.25) is 11.8 Å². The van der Waals surface area contributed by atoms with E-state index in [1.165, 1.54) is 19.3 Å². The van der Waals surface area contributed by atoms with Gasteiger partial charge in [-0.2, -0.15) is 0 Å². The summed E-state index contributed by atoms with van der Waals surface area (Å²) in [6.45, 7) is 3.07. The Labute approximate surface area is 109 Å². The molecule has 0 bridgehead atoms. The molecule has 0 radical (unpaired) electrons. The van der Waals surface area contributed by atoms with Crippen LogP contribution >= 0.6 is 0 Å².